The zero-order valence-electron chi connectivity index (χ0n) is 10.7. The molecule has 0 radical (unpaired) electrons. The van der Waals surface area contributed by atoms with Crippen molar-refractivity contribution in [2.45, 2.75) is 25.6 Å². The maximum atomic E-state index is 13.6. The lowest BCUT2D eigenvalue weighted by atomic mass is 10.0. The summed E-state index contributed by atoms with van der Waals surface area (Å²) in [5.41, 5.74) is 14.3. The molecule has 2 rings (SSSR count). The number of ether oxygens (including phenoxy) is 2. The molecule has 1 amide bonds. The van der Waals surface area contributed by atoms with Crippen molar-refractivity contribution in [2.24, 2.45) is 10.8 Å². The van der Waals surface area contributed by atoms with Crippen LogP contribution in [-0.2, 0) is 11.2 Å². The minimum Gasteiger partial charge on any atom is -0.489 e. The third-order valence-corrected chi connectivity index (χ3v) is 2.97. The third-order valence-electron chi connectivity index (χ3n) is 2.97. The van der Waals surface area contributed by atoms with Gasteiger partial charge in [0.1, 0.15) is 23.8 Å². The topological polar surface area (TPSA) is 110 Å². The van der Waals surface area contributed by atoms with Crippen LogP contribution < -0.4 is 10.5 Å². The first kappa shape index (κ1) is 14.0. The SMILES string of the molecule is C[C@@H](OC(N)=O)c1cc(F)cc2c1OC(CN=[N+]=[N-])C2. The van der Waals surface area contributed by atoms with Crippen LogP contribution in [0.25, 0.3) is 10.4 Å². The van der Waals surface area contributed by atoms with E-state index in [9.17, 15) is 9.18 Å². The number of benzene rings is 1. The van der Waals surface area contributed by atoms with Crippen LogP contribution in [0.2, 0.25) is 0 Å². The van der Waals surface area contributed by atoms with Crippen molar-refractivity contribution in [3.63, 3.8) is 0 Å². The van der Waals surface area contributed by atoms with Gasteiger partial charge in [-0.3, -0.25) is 0 Å². The summed E-state index contributed by atoms with van der Waals surface area (Å²) in [6.45, 7) is 1.72. The van der Waals surface area contributed by atoms with Gasteiger partial charge in [0.25, 0.3) is 0 Å². The lowest BCUT2D eigenvalue weighted by Crippen LogP contribution is -2.18. The lowest BCUT2D eigenvalue weighted by Gasteiger charge is -2.16. The number of hydrogen-bond acceptors (Lipinski definition) is 4. The molecule has 1 aliphatic heterocycles. The Hall–Kier alpha value is -2.47. The van der Waals surface area contributed by atoms with Gasteiger partial charge in [0.2, 0.25) is 0 Å². The molecule has 1 heterocycles. The smallest absolute Gasteiger partial charge is 0.405 e. The maximum Gasteiger partial charge on any atom is 0.405 e. The van der Waals surface area contributed by atoms with Crippen LogP contribution in [0.4, 0.5) is 9.18 Å². The fourth-order valence-electron chi connectivity index (χ4n) is 2.19. The Labute approximate surface area is 114 Å². The van der Waals surface area contributed by atoms with Gasteiger partial charge in [-0.05, 0) is 24.6 Å². The van der Waals surface area contributed by atoms with Crippen molar-refractivity contribution in [2.75, 3.05) is 6.54 Å². The zero-order chi connectivity index (χ0) is 14.7. The number of carbonyl (C=O) groups excluding carboxylic acids is 1. The minimum absolute atomic E-state index is 0.150. The molecule has 0 aromatic heterocycles. The minimum atomic E-state index is -0.945. The van der Waals surface area contributed by atoms with Gasteiger partial charge in [-0.25, -0.2) is 9.18 Å². The van der Waals surface area contributed by atoms with Gasteiger partial charge < -0.3 is 15.2 Å². The lowest BCUT2D eigenvalue weighted by molar-refractivity contribution is 0.113. The van der Waals surface area contributed by atoms with E-state index in [1.807, 2.05) is 0 Å². The molecule has 0 fully saturated rings. The average molecular weight is 280 g/mol. The number of halogens is 1. The van der Waals surface area contributed by atoms with Crippen molar-refractivity contribution in [3.8, 4) is 5.75 Å². The molecule has 7 nitrogen and oxygen atoms in total. The quantitative estimate of drug-likeness (QED) is 0.519. The van der Waals surface area contributed by atoms with Crippen LogP contribution >= 0.6 is 0 Å². The van der Waals surface area contributed by atoms with E-state index < -0.39 is 18.0 Å². The molecule has 106 valence electrons. The second-order valence-electron chi connectivity index (χ2n) is 4.42. The molecule has 0 saturated heterocycles. The summed E-state index contributed by atoms with van der Waals surface area (Å²) >= 11 is 0. The summed E-state index contributed by atoms with van der Waals surface area (Å²) in [6, 6.07) is 2.59. The number of nitrogens with two attached hydrogens (primary N) is 1. The molecule has 1 unspecified atom stereocenters. The first-order chi connectivity index (χ1) is 9.51. The highest BCUT2D eigenvalue weighted by Gasteiger charge is 2.28. The zero-order valence-corrected chi connectivity index (χ0v) is 10.7. The van der Waals surface area contributed by atoms with Crippen molar-refractivity contribution < 1.29 is 18.7 Å². The molecule has 0 aliphatic carbocycles. The average Bonchev–Trinajstić information content (AvgIpc) is 2.76. The van der Waals surface area contributed by atoms with Crippen LogP contribution in [-0.4, -0.2) is 18.7 Å². The summed E-state index contributed by atoms with van der Waals surface area (Å²) in [5.74, 6) is 0.00462. The molecule has 2 N–H and O–H groups in total. The number of azide groups is 1. The van der Waals surface area contributed by atoms with Gasteiger partial charge in [0.05, 0.1) is 6.54 Å². The van der Waals surface area contributed by atoms with E-state index in [4.69, 9.17) is 20.7 Å². The molecular weight excluding hydrogens is 267 g/mol. The Morgan fingerprint density at radius 3 is 3.15 bits per heavy atom. The number of amides is 1. The summed E-state index contributed by atoms with van der Waals surface area (Å²) in [6.07, 6.45) is -1.58. The van der Waals surface area contributed by atoms with E-state index in [0.29, 0.717) is 23.3 Å². The first-order valence-electron chi connectivity index (χ1n) is 5.97. The fourth-order valence-corrected chi connectivity index (χ4v) is 2.19. The maximum absolute atomic E-state index is 13.6. The predicted octanol–water partition coefficient (Wildman–Crippen LogP) is 2.60. The Kier molecular flexibility index (Phi) is 3.95. The van der Waals surface area contributed by atoms with Crippen LogP contribution in [0.3, 0.4) is 0 Å². The van der Waals surface area contributed by atoms with Gasteiger partial charge in [-0.1, -0.05) is 5.11 Å². The molecular formula is C12H13FN4O3. The summed E-state index contributed by atoms with van der Waals surface area (Å²) in [4.78, 5) is 13.4. The molecule has 2 atom stereocenters. The molecule has 0 bridgehead atoms. The van der Waals surface area contributed by atoms with Crippen molar-refractivity contribution in [1.82, 2.24) is 0 Å². The highest BCUT2D eigenvalue weighted by atomic mass is 19.1. The number of carbonyl (C=O) groups is 1. The number of primary amides is 1. The first-order valence-corrected chi connectivity index (χ1v) is 5.97. The van der Waals surface area contributed by atoms with Gasteiger partial charge in [-0.15, -0.1) is 0 Å². The van der Waals surface area contributed by atoms with E-state index in [0.717, 1.165) is 0 Å². The van der Waals surface area contributed by atoms with Gasteiger partial charge in [0, 0.05) is 22.5 Å². The summed E-state index contributed by atoms with van der Waals surface area (Å²) in [7, 11) is 0. The van der Waals surface area contributed by atoms with Crippen LogP contribution in [0.1, 0.15) is 24.2 Å². The van der Waals surface area contributed by atoms with Crippen molar-refractivity contribution in [3.05, 3.63) is 39.5 Å². The number of fused-ring (bicyclic) bond motifs is 1. The molecule has 20 heavy (non-hydrogen) atoms. The van der Waals surface area contributed by atoms with E-state index in [-0.39, 0.29) is 12.6 Å². The van der Waals surface area contributed by atoms with Crippen molar-refractivity contribution >= 4 is 6.09 Å². The number of rotatable bonds is 4. The Bertz CT molecular complexity index is 586. The fraction of sp³-hybridized carbons (Fsp3) is 0.417. The van der Waals surface area contributed by atoms with Gasteiger partial charge >= 0.3 is 6.09 Å². The molecule has 0 spiro atoms. The molecule has 0 saturated carbocycles. The largest absolute Gasteiger partial charge is 0.489 e. The Balaban J connectivity index is 2.28. The van der Waals surface area contributed by atoms with Crippen molar-refractivity contribution in [1.29, 1.82) is 0 Å². The number of nitrogens with zero attached hydrogens (tertiary/aromatic N) is 3. The summed E-state index contributed by atoms with van der Waals surface area (Å²) in [5, 5.41) is 3.44. The number of hydrogen-bond donors (Lipinski definition) is 1. The van der Waals surface area contributed by atoms with E-state index in [1.54, 1.807) is 6.92 Å². The van der Waals surface area contributed by atoms with E-state index >= 15 is 0 Å². The molecule has 1 aromatic carbocycles. The molecule has 8 heteroatoms. The molecule has 1 aliphatic rings. The third kappa shape index (κ3) is 2.92. The normalized spacial score (nSPS) is 17.6. The van der Waals surface area contributed by atoms with Crippen LogP contribution in [0.15, 0.2) is 17.2 Å². The second-order valence-corrected chi connectivity index (χ2v) is 4.42. The monoisotopic (exact) mass is 280 g/mol. The second kappa shape index (κ2) is 5.66. The Morgan fingerprint density at radius 2 is 2.50 bits per heavy atom. The van der Waals surface area contributed by atoms with Crippen LogP contribution in [0, 0.1) is 5.82 Å². The highest BCUT2D eigenvalue weighted by Crippen LogP contribution is 2.38. The van der Waals surface area contributed by atoms with Gasteiger partial charge in [0.15, 0.2) is 0 Å². The van der Waals surface area contributed by atoms with E-state index in [1.165, 1.54) is 12.1 Å². The highest BCUT2D eigenvalue weighted by molar-refractivity contribution is 5.65. The standard InChI is InChI=1S/C12H13FN4O3/c1-6(19-12(14)18)10-4-8(13)2-7-3-9(5-16-17-15)20-11(7)10/h2,4,6,9H,3,5H2,1H3,(H2,14,18)/t6-,9?/m1/s1. The predicted molar refractivity (Wildman–Crippen MR) is 67.6 cm³/mol. The summed E-state index contributed by atoms with van der Waals surface area (Å²) < 4.78 is 24.1. The van der Waals surface area contributed by atoms with E-state index in [2.05, 4.69) is 10.0 Å². The molecule has 1 aromatic rings. The van der Waals surface area contributed by atoms with Crippen LogP contribution in [0.5, 0.6) is 5.75 Å². The van der Waals surface area contributed by atoms with Gasteiger partial charge in [-0.2, -0.15) is 0 Å². The Morgan fingerprint density at radius 1 is 1.75 bits per heavy atom.